The van der Waals surface area contributed by atoms with Gasteiger partial charge >= 0.3 is 39.5 Å². The van der Waals surface area contributed by atoms with E-state index < -0.39 is 97.5 Å². The molecule has 0 aliphatic heterocycles. The van der Waals surface area contributed by atoms with Crippen molar-refractivity contribution in [2.45, 2.75) is 502 Å². The van der Waals surface area contributed by atoms with Crippen LogP contribution in [0.25, 0.3) is 0 Å². The number of carbonyl (C=O) groups is 4. The molecule has 0 aliphatic carbocycles. The minimum absolute atomic E-state index is 0.109. The Morgan fingerprint density at radius 1 is 0.250 bits per heavy atom. The maximum atomic E-state index is 13.2. The second kappa shape index (κ2) is 81.6. The molecule has 0 bridgehead atoms. The van der Waals surface area contributed by atoms with Crippen molar-refractivity contribution >= 4 is 39.5 Å². The summed E-state index contributed by atoms with van der Waals surface area (Å²) in [5.41, 5.74) is 0. The fourth-order valence-electron chi connectivity index (χ4n) is 14.0. The normalized spacial score (nSPS) is 13.7. The number of unbranched alkanes of at least 4 members (excludes halogenated alkanes) is 61. The zero-order valence-corrected chi connectivity index (χ0v) is 72.8. The maximum absolute atomic E-state index is 13.2. The number of hydrogen-bond acceptors (Lipinski definition) is 15. The van der Waals surface area contributed by atoms with Crippen LogP contribution in [0.2, 0.25) is 0 Å². The Bertz CT molecular complexity index is 2050. The summed E-state index contributed by atoms with van der Waals surface area (Å²) in [7, 11) is -9.93. The van der Waals surface area contributed by atoms with Crippen molar-refractivity contribution in [3.05, 3.63) is 0 Å². The third kappa shape index (κ3) is 82.1. The SMILES string of the molecule is CCCCCCCCCCCCCCCCCCCCCCC(=O)OC[C@H](COP(=O)(O)OC[C@@H](O)COP(=O)(O)OC[C@@H](COC(=O)CCCCCCCCCCC)OC(=O)CCCCCCCCCCCCCCCCCCC(C)C)OC(=O)CCCCCCCCCCCCCCCCCCCCCC. The number of aliphatic hydroxyl groups excluding tert-OH is 1. The molecule has 19 heteroatoms. The molecule has 642 valence electrons. The van der Waals surface area contributed by atoms with Gasteiger partial charge in [0.15, 0.2) is 12.2 Å². The van der Waals surface area contributed by atoms with E-state index in [1.54, 1.807) is 0 Å². The van der Waals surface area contributed by atoms with Gasteiger partial charge in [-0.3, -0.25) is 37.3 Å². The van der Waals surface area contributed by atoms with E-state index in [2.05, 4.69) is 34.6 Å². The van der Waals surface area contributed by atoms with Gasteiger partial charge in [-0.2, -0.15) is 0 Å². The zero-order chi connectivity index (χ0) is 79.0. The van der Waals surface area contributed by atoms with Crippen LogP contribution in [0.5, 0.6) is 0 Å². The summed E-state index contributed by atoms with van der Waals surface area (Å²) in [6.45, 7) is 7.40. The van der Waals surface area contributed by atoms with E-state index >= 15 is 0 Å². The fraction of sp³-hybridized carbons (Fsp3) is 0.955. The first kappa shape index (κ1) is 106. The third-order valence-corrected chi connectivity index (χ3v) is 22.9. The number of hydrogen-bond donors (Lipinski definition) is 3. The topological polar surface area (TPSA) is 237 Å². The Balaban J connectivity index is 5.19. The van der Waals surface area contributed by atoms with Crippen LogP contribution in [0.15, 0.2) is 0 Å². The summed E-state index contributed by atoms with van der Waals surface area (Å²) in [5.74, 6) is -1.29. The summed E-state index contributed by atoms with van der Waals surface area (Å²) >= 11 is 0. The molecule has 2 unspecified atom stereocenters. The van der Waals surface area contributed by atoms with Crippen LogP contribution in [0.1, 0.15) is 484 Å². The largest absolute Gasteiger partial charge is 0.472 e. The van der Waals surface area contributed by atoms with E-state index in [4.69, 9.17) is 37.0 Å². The summed E-state index contributed by atoms with van der Waals surface area (Å²) in [4.78, 5) is 73.3. The first-order chi connectivity index (χ1) is 52.5. The molecule has 5 atom stereocenters. The van der Waals surface area contributed by atoms with Crippen molar-refractivity contribution in [1.82, 2.24) is 0 Å². The molecular weight excluding hydrogens is 1400 g/mol. The molecule has 0 heterocycles. The number of rotatable bonds is 89. The standard InChI is InChI=1S/C89H174O17P2/c1-6-9-12-15-18-21-23-25-27-29-31-33-35-40-44-48-53-58-63-68-73-87(92)100-79-85(106-89(94)75-69-64-59-54-49-45-41-36-34-32-30-28-26-24-22-19-16-13-10-7-2)81-104-108(97,98)102-77-83(90)76-101-107(95,96)103-80-84(78-99-86(91)72-67-62-57-51-20-17-14-11-8-3)105-88(93)74-70-65-60-55-50-46-42-38-37-39-43-47-52-56-61-66-71-82(4)5/h82-85,90H,6-81H2,1-5H3,(H,95,96)(H,97,98)/t83-,84+,85+/m0/s1. The van der Waals surface area contributed by atoms with Crippen molar-refractivity contribution in [2.24, 2.45) is 5.92 Å². The van der Waals surface area contributed by atoms with Gasteiger partial charge in [0.05, 0.1) is 26.4 Å². The Morgan fingerprint density at radius 2 is 0.426 bits per heavy atom. The molecule has 3 N–H and O–H groups in total. The first-order valence-electron chi connectivity index (χ1n) is 46.1. The molecule has 0 amide bonds. The Hall–Kier alpha value is -1.94. The van der Waals surface area contributed by atoms with Gasteiger partial charge in [0, 0.05) is 25.7 Å². The lowest BCUT2D eigenvalue weighted by Crippen LogP contribution is -2.30. The quantitative estimate of drug-likeness (QED) is 0.0222. The van der Waals surface area contributed by atoms with E-state index in [0.717, 1.165) is 95.8 Å². The maximum Gasteiger partial charge on any atom is 0.472 e. The van der Waals surface area contributed by atoms with Crippen LogP contribution in [0, 0.1) is 5.92 Å². The highest BCUT2D eigenvalue weighted by molar-refractivity contribution is 7.47. The van der Waals surface area contributed by atoms with Gasteiger partial charge in [0.1, 0.15) is 19.3 Å². The first-order valence-corrected chi connectivity index (χ1v) is 49.1. The molecule has 17 nitrogen and oxygen atoms in total. The zero-order valence-electron chi connectivity index (χ0n) is 71.0. The number of ether oxygens (including phenoxy) is 4. The molecule has 0 spiro atoms. The molecule has 0 aromatic carbocycles. The molecule has 0 aliphatic rings. The molecule has 0 saturated heterocycles. The summed E-state index contributed by atoms with van der Waals surface area (Å²) < 4.78 is 69.0. The van der Waals surface area contributed by atoms with Crippen LogP contribution in [0.3, 0.4) is 0 Å². The van der Waals surface area contributed by atoms with Crippen LogP contribution in [-0.2, 0) is 65.4 Å². The number of phosphoric acid groups is 2. The highest BCUT2D eigenvalue weighted by Crippen LogP contribution is 2.45. The van der Waals surface area contributed by atoms with Crippen LogP contribution in [-0.4, -0.2) is 96.7 Å². The summed E-state index contributed by atoms with van der Waals surface area (Å²) in [6, 6.07) is 0. The fourth-order valence-corrected chi connectivity index (χ4v) is 15.6. The second-order valence-electron chi connectivity index (χ2n) is 32.5. The average molecular weight is 1580 g/mol. The van der Waals surface area contributed by atoms with Gasteiger partial charge in [-0.05, 0) is 31.6 Å². The van der Waals surface area contributed by atoms with Gasteiger partial charge in [-0.25, -0.2) is 9.13 Å². The molecule has 0 fully saturated rings. The van der Waals surface area contributed by atoms with E-state index in [1.165, 1.54) is 308 Å². The van der Waals surface area contributed by atoms with Crippen molar-refractivity contribution in [3.8, 4) is 0 Å². The highest BCUT2D eigenvalue weighted by Gasteiger charge is 2.30. The third-order valence-electron chi connectivity index (χ3n) is 21.0. The lowest BCUT2D eigenvalue weighted by atomic mass is 10.0. The number of phosphoric ester groups is 2. The molecule has 108 heavy (non-hydrogen) atoms. The molecule has 0 aromatic heterocycles. The van der Waals surface area contributed by atoms with E-state index in [1.807, 2.05) is 0 Å². The van der Waals surface area contributed by atoms with Crippen molar-refractivity contribution in [1.29, 1.82) is 0 Å². The van der Waals surface area contributed by atoms with Crippen LogP contribution < -0.4 is 0 Å². The van der Waals surface area contributed by atoms with Gasteiger partial charge in [-0.1, -0.05) is 433 Å². The van der Waals surface area contributed by atoms with Crippen LogP contribution in [0.4, 0.5) is 0 Å². The van der Waals surface area contributed by atoms with Gasteiger partial charge in [0.25, 0.3) is 0 Å². The minimum Gasteiger partial charge on any atom is -0.462 e. The van der Waals surface area contributed by atoms with Crippen molar-refractivity contribution in [2.75, 3.05) is 39.6 Å². The number of carbonyl (C=O) groups excluding carboxylic acids is 4. The molecule has 0 aromatic rings. The smallest absolute Gasteiger partial charge is 0.462 e. The monoisotopic (exact) mass is 1580 g/mol. The minimum atomic E-state index is -4.97. The Morgan fingerprint density at radius 3 is 0.630 bits per heavy atom. The lowest BCUT2D eigenvalue weighted by Gasteiger charge is -2.21. The van der Waals surface area contributed by atoms with Crippen LogP contribution >= 0.6 is 15.6 Å². The molecule has 0 saturated carbocycles. The van der Waals surface area contributed by atoms with Gasteiger partial charge < -0.3 is 33.8 Å². The van der Waals surface area contributed by atoms with Crippen molar-refractivity contribution < 1.29 is 80.2 Å². The Kier molecular flexibility index (Phi) is 80.2. The van der Waals surface area contributed by atoms with Gasteiger partial charge in [-0.15, -0.1) is 0 Å². The molecule has 0 rings (SSSR count). The van der Waals surface area contributed by atoms with Gasteiger partial charge in [0.2, 0.25) is 0 Å². The molecular formula is C89H174O17P2. The highest BCUT2D eigenvalue weighted by atomic mass is 31.2. The summed E-state index contributed by atoms with van der Waals surface area (Å²) in [6.07, 6.45) is 76.5. The molecule has 0 radical (unpaired) electrons. The number of esters is 4. The van der Waals surface area contributed by atoms with E-state index in [9.17, 15) is 43.2 Å². The predicted molar refractivity (Wildman–Crippen MR) is 446 cm³/mol. The number of aliphatic hydroxyl groups is 1. The van der Waals surface area contributed by atoms with E-state index in [0.29, 0.717) is 25.7 Å². The van der Waals surface area contributed by atoms with E-state index in [-0.39, 0.29) is 25.7 Å². The Labute approximate surface area is 664 Å². The predicted octanol–water partition coefficient (Wildman–Crippen LogP) is 27.5. The average Bonchev–Trinajstić information content (AvgIpc) is 0.895. The lowest BCUT2D eigenvalue weighted by molar-refractivity contribution is -0.161. The summed E-state index contributed by atoms with van der Waals surface area (Å²) in [5, 5.41) is 10.7. The van der Waals surface area contributed by atoms with Crippen molar-refractivity contribution in [3.63, 3.8) is 0 Å². The second-order valence-corrected chi connectivity index (χ2v) is 35.4.